The molecule has 0 spiro atoms. The van der Waals surface area contributed by atoms with Crippen LogP contribution in [0, 0.1) is 0 Å². The Morgan fingerprint density at radius 1 is 0.929 bits per heavy atom. The van der Waals surface area contributed by atoms with E-state index in [0.29, 0.717) is 12.2 Å². The number of hydrogen-bond acceptors (Lipinski definition) is 3. The molecule has 3 aromatic rings. The van der Waals surface area contributed by atoms with Crippen LogP contribution in [-0.4, -0.2) is 53.5 Å². The van der Waals surface area contributed by atoms with Crippen LogP contribution in [0.2, 0.25) is 0 Å². The van der Waals surface area contributed by atoms with Gasteiger partial charge in [0.15, 0.2) is 0 Å². The van der Waals surface area contributed by atoms with Crippen LogP contribution in [0.15, 0.2) is 54.6 Å². The first-order chi connectivity index (χ1) is 13.6. The molecular weight excluding hydrogens is 348 g/mol. The predicted molar refractivity (Wildman–Crippen MR) is 113 cm³/mol. The van der Waals surface area contributed by atoms with E-state index >= 15 is 0 Å². The summed E-state index contributed by atoms with van der Waals surface area (Å²) in [6.07, 6.45) is 0. The number of carbonyl (C=O) groups excluding carboxylic acids is 1. The van der Waals surface area contributed by atoms with Crippen LogP contribution >= 0.6 is 0 Å². The molecule has 2 heterocycles. The molecule has 1 fully saturated rings. The number of amides is 1. The van der Waals surface area contributed by atoms with Gasteiger partial charge in [-0.3, -0.25) is 9.69 Å². The highest BCUT2D eigenvalue weighted by molar-refractivity contribution is 5.98. The molecule has 1 aromatic heterocycles. The average molecular weight is 377 g/mol. The van der Waals surface area contributed by atoms with Crippen molar-refractivity contribution in [3.05, 3.63) is 71.4 Å². The molecule has 28 heavy (non-hydrogen) atoms. The van der Waals surface area contributed by atoms with E-state index in [2.05, 4.69) is 46.4 Å². The number of para-hydroxylation sites is 1. The highest BCUT2D eigenvalue weighted by Gasteiger charge is 2.15. The van der Waals surface area contributed by atoms with E-state index < -0.39 is 0 Å². The lowest BCUT2D eigenvalue weighted by Crippen LogP contribution is -2.43. The van der Waals surface area contributed by atoms with Crippen LogP contribution in [0.4, 0.5) is 0 Å². The van der Waals surface area contributed by atoms with Crippen molar-refractivity contribution in [3.63, 3.8) is 0 Å². The van der Waals surface area contributed by atoms with Crippen molar-refractivity contribution in [1.82, 2.24) is 19.7 Å². The SMILES string of the molecule is CN1CCN(Cc2cccc(CNC(=O)c3cc4ccccc4n3C)c2)CC1. The summed E-state index contributed by atoms with van der Waals surface area (Å²) in [5.41, 5.74) is 4.20. The third kappa shape index (κ3) is 4.11. The maximum absolute atomic E-state index is 12.7. The number of rotatable bonds is 5. The Hall–Kier alpha value is -2.63. The van der Waals surface area contributed by atoms with Crippen LogP contribution < -0.4 is 5.32 Å². The van der Waals surface area contributed by atoms with E-state index in [1.165, 1.54) is 5.56 Å². The predicted octanol–water partition coefficient (Wildman–Crippen LogP) is 2.86. The number of fused-ring (bicyclic) bond motifs is 1. The molecule has 5 nitrogen and oxygen atoms in total. The molecule has 1 aliphatic heterocycles. The summed E-state index contributed by atoms with van der Waals surface area (Å²) in [6, 6.07) is 18.6. The van der Waals surface area contributed by atoms with Gasteiger partial charge in [0.25, 0.3) is 5.91 Å². The van der Waals surface area contributed by atoms with Gasteiger partial charge in [0.1, 0.15) is 5.69 Å². The molecule has 0 aliphatic carbocycles. The van der Waals surface area contributed by atoms with Crippen LogP contribution in [0.3, 0.4) is 0 Å². The minimum Gasteiger partial charge on any atom is -0.347 e. The Balaban J connectivity index is 1.39. The van der Waals surface area contributed by atoms with E-state index in [0.717, 1.165) is 49.2 Å². The van der Waals surface area contributed by atoms with Crippen LogP contribution in [0.5, 0.6) is 0 Å². The Labute approximate surface area is 166 Å². The van der Waals surface area contributed by atoms with Gasteiger partial charge in [-0.2, -0.15) is 0 Å². The molecule has 1 N–H and O–H groups in total. The second-order valence-corrected chi connectivity index (χ2v) is 7.73. The zero-order valence-corrected chi connectivity index (χ0v) is 16.7. The maximum Gasteiger partial charge on any atom is 0.268 e. The molecule has 0 radical (unpaired) electrons. The van der Waals surface area contributed by atoms with Gasteiger partial charge in [-0.25, -0.2) is 0 Å². The number of aryl methyl sites for hydroxylation is 1. The first-order valence-corrected chi connectivity index (χ1v) is 9.91. The second kappa shape index (κ2) is 8.17. The molecule has 1 saturated heterocycles. The third-order valence-corrected chi connectivity index (χ3v) is 5.63. The number of hydrogen-bond donors (Lipinski definition) is 1. The zero-order valence-electron chi connectivity index (χ0n) is 16.7. The molecule has 0 saturated carbocycles. The monoisotopic (exact) mass is 376 g/mol. The number of benzene rings is 2. The lowest BCUT2D eigenvalue weighted by molar-refractivity contribution is 0.0943. The van der Waals surface area contributed by atoms with Crippen molar-refractivity contribution in [2.75, 3.05) is 33.2 Å². The minimum absolute atomic E-state index is 0.0387. The van der Waals surface area contributed by atoms with Crippen molar-refractivity contribution in [1.29, 1.82) is 0 Å². The fraction of sp³-hybridized carbons (Fsp3) is 0.348. The standard InChI is InChI=1S/C23H28N4O/c1-25-10-12-27(13-11-25)17-19-7-5-6-18(14-19)16-24-23(28)22-15-20-8-3-4-9-21(20)26(22)2/h3-9,14-15H,10-13,16-17H2,1-2H3,(H,24,28). The summed E-state index contributed by atoms with van der Waals surface area (Å²) < 4.78 is 1.95. The Morgan fingerprint density at radius 3 is 2.46 bits per heavy atom. The van der Waals surface area contributed by atoms with E-state index in [9.17, 15) is 4.79 Å². The summed E-state index contributed by atoms with van der Waals surface area (Å²) in [4.78, 5) is 17.6. The van der Waals surface area contributed by atoms with Crippen molar-refractivity contribution >= 4 is 16.8 Å². The molecule has 2 aromatic carbocycles. The van der Waals surface area contributed by atoms with Gasteiger partial charge in [-0.05, 0) is 30.3 Å². The summed E-state index contributed by atoms with van der Waals surface area (Å²) in [7, 11) is 4.12. The quantitative estimate of drug-likeness (QED) is 0.744. The van der Waals surface area contributed by atoms with E-state index in [1.54, 1.807) is 0 Å². The van der Waals surface area contributed by atoms with Gasteiger partial charge in [0, 0.05) is 57.2 Å². The van der Waals surface area contributed by atoms with Crippen molar-refractivity contribution in [2.24, 2.45) is 7.05 Å². The van der Waals surface area contributed by atoms with E-state index in [-0.39, 0.29) is 5.91 Å². The first-order valence-electron chi connectivity index (χ1n) is 9.91. The Kier molecular flexibility index (Phi) is 5.46. The normalized spacial score (nSPS) is 15.8. The average Bonchev–Trinajstić information content (AvgIpc) is 3.05. The van der Waals surface area contributed by atoms with Gasteiger partial charge in [-0.15, -0.1) is 0 Å². The summed E-state index contributed by atoms with van der Waals surface area (Å²) >= 11 is 0. The van der Waals surface area contributed by atoms with Gasteiger partial charge < -0.3 is 14.8 Å². The first kappa shape index (κ1) is 18.7. The van der Waals surface area contributed by atoms with Gasteiger partial charge in [0.05, 0.1) is 0 Å². The molecule has 146 valence electrons. The zero-order chi connectivity index (χ0) is 19.5. The smallest absolute Gasteiger partial charge is 0.268 e. The summed E-state index contributed by atoms with van der Waals surface area (Å²) in [6.45, 7) is 5.98. The number of nitrogens with one attached hydrogen (secondary N) is 1. The number of aromatic nitrogens is 1. The fourth-order valence-corrected chi connectivity index (χ4v) is 3.88. The molecule has 1 aliphatic rings. The number of carbonyl (C=O) groups is 1. The van der Waals surface area contributed by atoms with Crippen molar-refractivity contribution in [2.45, 2.75) is 13.1 Å². The molecular formula is C23H28N4O. The Morgan fingerprint density at radius 2 is 1.68 bits per heavy atom. The summed E-state index contributed by atoms with van der Waals surface area (Å²) in [5, 5.41) is 4.16. The summed E-state index contributed by atoms with van der Waals surface area (Å²) in [5.74, 6) is -0.0387. The highest BCUT2D eigenvalue weighted by Crippen LogP contribution is 2.18. The molecule has 0 bridgehead atoms. The van der Waals surface area contributed by atoms with Gasteiger partial charge in [0.2, 0.25) is 0 Å². The van der Waals surface area contributed by atoms with Crippen LogP contribution in [0.25, 0.3) is 10.9 Å². The lowest BCUT2D eigenvalue weighted by Gasteiger charge is -2.32. The van der Waals surface area contributed by atoms with Gasteiger partial charge >= 0.3 is 0 Å². The molecule has 4 rings (SSSR count). The van der Waals surface area contributed by atoms with Crippen LogP contribution in [0.1, 0.15) is 21.6 Å². The molecule has 1 amide bonds. The topological polar surface area (TPSA) is 40.5 Å². The van der Waals surface area contributed by atoms with Gasteiger partial charge in [-0.1, -0.05) is 42.5 Å². The number of piperazine rings is 1. The lowest BCUT2D eigenvalue weighted by atomic mass is 10.1. The van der Waals surface area contributed by atoms with E-state index in [1.807, 2.05) is 41.9 Å². The largest absolute Gasteiger partial charge is 0.347 e. The Bertz CT molecular complexity index is 970. The number of likely N-dealkylation sites (N-methyl/N-ethyl adjacent to an activating group) is 1. The second-order valence-electron chi connectivity index (χ2n) is 7.73. The number of nitrogens with zero attached hydrogens (tertiary/aromatic N) is 3. The maximum atomic E-state index is 12.7. The van der Waals surface area contributed by atoms with Crippen molar-refractivity contribution < 1.29 is 4.79 Å². The molecule has 0 unspecified atom stereocenters. The molecule has 0 atom stereocenters. The fourth-order valence-electron chi connectivity index (χ4n) is 3.88. The minimum atomic E-state index is -0.0387. The van der Waals surface area contributed by atoms with Crippen LogP contribution in [-0.2, 0) is 20.1 Å². The highest BCUT2D eigenvalue weighted by atomic mass is 16.1. The molecule has 5 heteroatoms. The van der Waals surface area contributed by atoms with E-state index in [4.69, 9.17) is 0 Å². The van der Waals surface area contributed by atoms with Crippen molar-refractivity contribution in [3.8, 4) is 0 Å². The third-order valence-electron chi connectivity index (χ3n) is 5.63.